The summed E-state index contributed by atoms with van der Waals surface area (Å²) in [6.45, 7) is 2.18. The van der Waals surface area contributed by atoms with Crippen molar-refractivity contribution in [3.63, 3.8) is 0 Å². The van der Waals surface area contributed by atoms with E-state index in [0.29, 0.717) is 37.5 Å². The third-order valence-electron chi connectivity index (χ3n) is 5.22. The van der Waals surface area contributed by atoms with Gasteiger partial charge in [0.2, 0.25) is 0 Å². The van der Waals surface area contributed by atoms with E-state index in [1.54, 1.807) is 48.5 Å². The summed E-state index contributed by atoms with van der Waals surface area (Å²) in [7, 11) is 1.73. The van der Waals surface area contributed by atoms with Gasteiger partial charge in [-0.05, 0) is 42.3 Å². The van der Waals surface area contributed by atoms with Gasteiger partial charge in [0, 0.05) is 24.0 Å². The summed E-state index contributed by atoms with van der Waals surface area (Å²) in [5, 5.41) is 17.2. The summed E-state index contributed by atoms with van der Waals surface area (Å²) in [4.78, 5) is 28.5. The van der Waals surface area contributed by atoms with Crippen molar-refractivity contribution < 1.29 is 14.7 Å². The van der Waals surface area contributed by atoms with E-state index in [1.807, 2.05) is 42.5 Å². The highest BCUT2D eigenvalue weighted by molar-refractivity contribution is 7.16. The first-order valence-electron chi connectivity index (χ1n) is 10.6. The highest BCUT2D eigenvalue weighted by Crippen LogP contribution is 2.39. The van der Waals surface area contributed by atoms with Crippen LogP contribution < -0.4 is 5.43 Å². The minimum absolute atomic E-state index is 0.0817. The van der Waals surface area contributed by atoms with Crippen LogP contribution in [0.3, 0.4) is 0 Å². The fourth-order valence-corrected chi connectivity index (χ4v) is 5.47. The molecule has 178 valence electrons. The normalized spacial score (nSPS) is 11.3. The largest absolute Gasteiger partial charge is 0.506 e. The third kappa shape index (κ3) is 5.79. The van der Waals surface area contributed by atoms with Gasteiger partial charge in [-0.2, -0.15) is 5.10 Å². The number of carbonyl (C=O) groups is 2. The maximum atomic E-state index is 12.8. The Morgan fingerprint density at radius 3 is 2.54 bits per heavy atom. The Morgan fingerprint density at radius 1 is 1.06 bits per heavy atom. The van der Waals surface area contributed by atoms with Crippen molar-refractivity contribution in [1.29, 1.82) is 0 Å². The van der Waals surface area contributed by atoms with Crippen molar-refractivity contribution in [1.82, 2.24) is 10.3 Å². The number of halogens is 1. The van der Waals surface area contributed by atoms with Crippen molar-refractivity contribution in [3.8, 4) is 16.2 Å². The van der Waals surface area contributed by atoms with Gasteiger partial charge >= 0.3 is 0 Å². The lowest BCUT2D eigenvalue weighted by Crippen LogP contribution is -2.25. The maximum absolute atomic E-state index is 12.8. The summed E-state index contributed by atoms with van der Waals surface area (Å²) < 4.78 is 0. The molecule has 2 aromatic carbocycles. The van der Waals surface area contributed by atoms with Crippen molar-refractivity contribution in [2.45, 2.75) is 13.5 Å². The van der Waals surface area contributed by atoms with Crippen LogP contribution in [-0.2, 0) is 6.54 Å². The van der Waals surface area contributed by atoms with E-state index in [-0.39, 0.29) is 11.7 Å². The molecule has 4 aromatic rings. The van der Waals surface area contributed by atoms with Crippen LogP contribution in [0, 0.1) is 0 Å². The van der Waals surface area contributed by atoms with Gasteiger partial charge in [-0.15, -0.1) is 22.7 Å². The molecule has 0 aliphatic rings. The van der Waals surface area contributed by atoms with Gasteiger partial charge in [-0.1, -0.05) is 54.1 Å². The summed E-state index contributed by atoms with van der Waals surface area (Å²) in [6.07, 6.45) is 0. The maximum Gasteiger partial charge on any atom is 0.281 e. The molecule has 0 aliphatic heterocycles. The van der Waals surface area contributed by atoms with E-state index in [4.69, 9.17) is 11.6 Å². The first kappa shape index (κ1) is 24.7. The minimum atomic E-state index is -0.427. The predicted octanol–water partition coefficient (Wildman–Crippen LogP) is 6.26. The molecule has 6 nitrogen and oxygen atoms in total. The Morgan fingerprint density at radius 2 is 1.80 bits per heavy atom. The number of nitrogens with one attached hydrogen (secondary N) is 1. The van der Waals surface area contributed by atoms with E-state index in [1.165, 1.54) is 11.3 Å². The molecule has 2 amide bonds. The van der Waals surface area contributed by atoms with Gasteiger partial charge < -0.3 is 10.0 Å². The zero-order chi connectivity index (χ0) is 24.9. The summed E-state index contributed by atoms with van der Waals surface area (Å²) in [6, 6.07) is 20.2. The van der Waals surface area contributed by atoms with Crippen LogP contribution in [0.4, 0.5) is 0 Å². The van der Waals surface area contributed by atoms with Gasteiger partial charge in [-0.25, -0.2) is 5.43 Å². The molecule has 0 unspecified atom stereocenters. The number of thiophene rings is 2. The van der Waals surface area contributed by atoms with E-state index >= 15 is 0 Å². The van der Waals surface area contributed by atoms with Crippen LogP contribution in [0.2, 0.25) is 5.02 Å². The van der Waals surface area contributed by atoms with Gasteiger partial charge in [-0.3, -0.25) is 9.59 Å². The SMILES string of the molecule is CC(=NNC(=O)c1ccc(C(=O)N(C)Cc2ccccc2)s1)c1csc(-c2cccc(Cl)c2)c1O. The number of nitrogens with zero attached hydrogens (tertiary/aromatic N) is 2. The second-order valence-corrected chi connectivity index (χ2v) is 10.2. The van der Waals surface area contributed by atoms with Gasteiger partial charge in [0.25, 0.3) is 11.8 Å². The van der Waals surface area contributed by atoms with Crippen LogP contribution in [0.25, 0.3) is 10.4 Å². The van der Waals surface area contributed by atoms with Gasteiger partial charge in [0.1, 0.15) is 5.75 Å². The van der Waals surface area contributed by atoms with E-state index in [9.17, 15) is 14.7 Å². The second-order valence-electron chi connectivity index (χ2n) is 7.79. The zero-order valence-electron chi connectivity index (χ0n) is 19.0. The molecule has 0 spiro atoms. The fraction of sp³-hybridized carbons (Fsp3) is 0.115. The smallest absolute Gasteiger partial charge is 0.281 e. The number of hydrogen-bond acceptors (Lipinski definition) is 6. The summed E-state index contributed by atoms with van der Waals surface area (Å²) in [5.41, 5.74) is 5.32. The lowest BCUT2D eigenvalue weighted by atomic mass is 10.1. The molecular formula is C26H22ClN3O3S2. The first-order chi connectivity index (χ1) is 16.8. The molecule has 9 heteroatoms. The van der Waals surface area contributed by atoms with Crippen LogP contribution in [0.15, 0.2) is 77.2 Å². The molecule has 2 N–H and O–H groups in total. The third-order valence-corrected chi connectivity index (χ3v) is 7.54. The summed E-state index contributed by atoms with van der Waals surface area (Å²) >= 11 is 8.54. The standard InChI is InChI=1S/C26H22ClN3O3S2/c1-16(20-15-34-24(23(20)31)18-9-6-10-19(27)13-18)28-29-25(32)21-11-12-22(35-21)26(33)30(2)14-17-7-4-3-5-8-17/h3-13,15,31H,14H2,1-2H3,(H,29,32). The highest BCUT2D eigenvalue weighted by atomic mass is 35.5. The van der Waals surface area contributed by atoms with Gasteiger partial charge in [0.05, 0.1) is 25.9 Å². The molecule has 35 heavy (non-hydrogen) atoms. The molecule has 4 rings (SSSR count). The number of hydrogen-bond donors (Lipinski definition) is 2. The molecular weight excluding hydrogens is 502 g/mol. The number of amides is 2. The van der Waals surface area contributed by atoms with Crippen molar-refractivity contribution in [2.75, 3.05) is 7.05 Å². The Hall–Kier alpha value is -3.46. The Kier molecular flexibility index (Phi) is 7.65. The molecule has 0 radical (unpaired) electrons. The lowest BCUT2D eigenvalue weighted by Gasteiger charge is -2.16. The first-order valence-corrected chi connectivity index (χ1v) is 12.7. The Labute approximate surface area is 216 Å². The summed E-state index contributed by atoms with van der Waals surface area (Å²) in [5.74, 6) is -0.503. The van der Waals surface area contributed by atoms with Gasteiger partial charge in [0.15, 0.2) is 0 Å². The van der Waals surface area contributed by atoms with E-state index < -0.39 is 5.91 Å². The molecule has 2 heterocycles. The van der Waals surface area contributed by atoms with E-state index in [2.05, 4.69) is 10.5 Å². The van der Waals surface area contributed by atoms with E-state index in [0.717, 1.165) is 22.5 Å². The Balaban J connectivity index is 1.42. The molecule has 2 aromatic heterocycles. The molecule has 0 saturated heterocycles. The second kappa shape index (κ2) is 10.9. The zero-order valence-corrected chi connectivity index (χ0v) is 21.4. The fourth-order valence-electron chi connectivity index (χ4n) is 3.38. The number of rotatable bonds is 7. The van der Waals surface area contributed by atoms with Crippen molar-refractivity contribution in [2.24, 2.45) is 5.10 Å². The molecule has 0 saturated carbocycles. The topological polar surface area (TPSA) is 82.0 Å². The van der Waals surface area contributed by atoms with Crippen molar-refractivity contribution >= 4 is 51.8 Å². The molecule has 0 atom stereocenters. The molecule has 0 bridgehead atoms. The molecule has 0 aliphatic carbocycles. The average Bonchev–Trinajstić information content (AvgIpc) is 3.50. The number of benzene rings is 2. The predicted molar refractivity (Wildman–Crippen MR) is 143 cm³/mol. The lowest BCUT2D eigenvalue weighted by molar-refractivity contribution is 0.0789. The molecule has 0 fully saturated rings. The van der Waals surface area contributed by atoms with Crippen LogP contribution >= 0.6 is 34.3 Å². The van der Waals surface area contributed by atoms with Crippen LogP contribution in [-0.4, -0.2) is 34.6 Å². The number of hydrazone groups is 1. The Bertz CT molecular complexity index is 1400. The number of carbonyl (C=O) groups excluding carboxylic acids is 2. The monoisotopic (exact) mass is 523 g/mol. The highest BCUT2D eigenvalue weighted by Gasteiger charge is 2.18. The van der Waals surface area contributed by atoms with Crippen LogP contribution in [0.5, 0.6) is 5.75 Å². The number of aromatic hydroxyl groups is 1. The quantitative estimate of drug-likeness (QED) is 0.221. The average molecular weight is 524 g/mol. The minimum Gasteiger partial charge on any atom is -0.506 e. The van der Waals surface area contributed by atoms with Crippen LogP contribution in [0.1, 0.15) is 37.4 Å². The van der Waals surface area contributed by atoms with Crippen molar-refractivity contribution in [3.05, 3.63) is 98.0 Å².